The Morgan fingerprint density at radius 3 is 2.65 bits per heavy atom. The van der Waals surface area contributed by atoms with E-state index in [1.54, 1.807) is 6.08 Å². The predicted molar refractivity (Wildman–Crippen MR) is 78.1 cm³/mol. The molecule has 0 saturated carbocycles. The third kappa shape index (κ3) is 2.37. The van der Waals surface area contributed by atoms with Gasteiger partial charge in [0.1, 0.15) is 5.70 Å². The number of aromatic nitrogens is 1. The van der Waals surface area contributed by atoms with Gasteiger partial charge in [-0.25, -0.2) is 4.79 Å². The maximum atomic E-state index is 11.5. The number of halogens is 1. The van der Waals surface area contributed by atoms with Gasteiger partial charge >= 0.3 is 6.03 Å². The lowest BCUT2D eigenvalue weighted by atomic mass is 10.3. The molecule has 5 nitrogen and oxygen atoms in total. The number of carbonyl (C=O) groups is 2. The Balaban J connectivity index is 2.01. The molecule has 2 heterocycles. The molecule has 0 unspecified atom stereocenters. The van der Waals surface area contributed by atoms with Crippen LogP contribution in [0.15, 0.2) is 52.8 Å². The van der Waals surface area contributed by atoms with Gasteiger partial charge in [0.05, 0.1) is 0 Å². The molecule has 1 aromatic carbocycles. The fourth-order valence-corrected chi connectivity index (χ4v) is 2.39. The molecule has 3 rings (SSSR count). The average Bonchev–Trinajstić information content (AvgIpc) is 2.97. The van der Waals surface area contributed by atoms with Crippen LogP contribution in [0.25, 0.3) is 11.8 Å². The zero-order valence-electron chi connectivity index (χ0n) is 10.3. The van der Waals surface area contributed by atoms with E-state index in [9.17, 15) is 9.59 Å². The molecule has 20 heavy (non-hydrogen) atoms. The van der Waals surface area contributed by atoms with Gasteiger partial charge in [-0.15, -0.1) is 0 Å². The molecule has 0 radical (unpaired) electrons. The molecule has 1 saturated heterocycles. The van der Waals surface area contributed by atoms with Crippen molar-refractivity contribution in [2.24, 2.45) is 0 Å². The second kappa shape index (κ2) is 4.97. The number of amides is 3. The van der Waals surface area contributed by atoms with Crippen LogP contribution >= 0.6 is 15.9 Å². The van der Waals surface area contributed by atoms with Crippen molar-refractivity contribution in [3.05, 3.63) is 58.5 Å². The topological polar surface area (TPSA) is 63.1 Å². The lowest BCUT2D eigenvalue weighted by Crippen LogP contribution is -2.22. The van der Waals surface area contributed by atoms with Crippen molar-refractivity contribution < 1.29 is 9.59 Å². The van der Waals surface area contributed by atoms with Crippen LogP contribution in [0, 0.1) is 0 Å². The molecular formula is C14H10BrN3O2. The first kappa shape index (κ1) is 12.7. The molecule has 1 fully saturated rings. The molecule has 0 spiro atoms. The second-order valence-corrected chi connectivity index (χ2v) is 5.16. The minimum atomic E-state index is -0.498. The molecule has 6 heteroatoms. The fourth-order valence-electron chi connectivity index (χ4n) is 2.00. The SMILES string of the molecule is O=C1NC(=O)/C(=C\c2cccn2-c2cccc(Br)c2)N1. The highest BCUT2D eigenvalue weighted by molar-refractivity contribution is 9.10. The Kier molecular flexibility index (Phi) is 3.15. The summed E-state index contributed by atoms with van der Waals surface area (Å²) in [6, 6.07) is 11.0. The molecule has 1 aliphatic heterocycles. The minimum absolute atomic E-state index is 0.241. The number of imide groups is 1. The summed E-state index contributed by atoms with van der Waals surface area (Å²) in [4.78, 5) is 22.6. The number of benzene rings is 1. The molecule has 0 bridgehead atoms. The van der Waals surface area contributed by atoms with Crippen LogP contribution in [-0.4, -0.2) is 16.5 Å². The summed E-state index contributed by atoms with van der Waals surface area (Å²) in [5, 5.41) is 4.64. The largest absolute Gasteiger partial charge is 0.326 e. The van der Waals surface area contributed by atoms with Crippen molar-refractivity contribution in [2.45, 2.75) is 0 Å². The van der Waals surface area contributed by atoms with E-state index < -0.39 is 11.9 Å². The Bertz CT molecular complexity index is 734. The molecule has 2 N–H and O–H groups in total. The predicted octanol–water partition coefficient (Wildman–Crippen LogP) is 2.42. The van der Waals surface area contributed by atoms with Crippen LogP contribution in [0.3, 0.4) is 0 Å². The van der Waals surface area contributed by atoms with E-state index >= 15 is 0 Å². The zero-order chi connectivity index (χ0) is 14.1. The van der Waals surface area contributed by atoms with E-state index in [0.29, 0.717) is 0 Å². The van der Waals surface area contributed by atoms with E-state index in [2.05, 4.69) is 26.6 Å². The standard InChI is InChI=1S/C14H10BrN3O2/c15-9-3-1-4-10(7-9)18-6-2-5-11(18)8-12-13(19)17-14(20)16-12/h1-8H,(H2,16,17,19,20)/b12-8+. The number of nitrogens with zero attached hydrogens (tertiary/aromatic N) is 1. The Labute approximate surface area is 123 Å². The molecule has 3 amide bonds. The fraction of sp³-hybridized carbons (Fsp3) is 0. The number of hydrogen-bond acceptors (Lipinski definition) is 2. The van der Waals surface area contributed by atoms with Crippen LogP contribution in [0.4, 0.5) is 4.79 Å². The van der Waals surface area contributed by atoms with E-state index in [-0.39, 0.29) is 5.70 Å². The summed E-state index contributed by atoms with van der Waals surface area (Å²) in [6.07, 6.45) is 3.53. The van der Waals surface area contributed by atoms with Crippen LogP contribution < -0.4 is 10.6 Å². The van der Waals surface area contributed by atoms with Crippen molar-refractivity contribution in [1.29, 1.82) is 0 Å². The van der Waals surface area contributed by atoms with Gasteiger partial charge in [-0.05, 0) is 36.4 Å². The van der Waals surface area contributed by atoms with E-state index in [0.717, 1.165) is 15.9 Å². The third-order valence-electron chi connectivity index (χ3n) is 2.88. The van der Waals surface area contributed by atoms with Crippen LogP contribution in [0.1, 0.15) is 5.69 Å². The Morgan fingerprint density at radius 1 is 1.10 bits per heavy atom. The summed E-state index contributed by atoms with van der Waals surface area (Å²) in [6.45, 7) is 0. The highest BCUT2D eigenvalue weighted by atomic mass is 79.9. The average molecular weight is 332 g/mol. The number of hydrogen-bond donors (Lipinski definition) is 2. The zero-order valence-corrected chi connectivity index (χ0v) is 11.8. The molecule has 0 atom stereocenters. The van der Waals surface area contributed by atoms with E-state index in [1.807, 2.05) is 47.2 Å². The van der Waals surface area contributed by atoms with Gasteiger partial charge in [0.2, 0.25) is 0 Å². The molecule has 100 valence electrons. The van der Waals surface area contributed by atoms with Crippen LogP contribution in [0.5, 0.6) is 0 Å². The van der Waals surface area contributed by atoms with E-state index in [4.69, 9.17) is 0 Å². The number of rotatable bonds is 2. The van der Waals surface area contributed by atoms with Gasteiger partial charge in [0, 0.05) is 22.1 Å². The summed E-state index contributed by atoms with van der Waals surface area (Å²) in [7, 11) is 0. The minimum Gasteiger partial charge on any atom is -0.317 e. The first-order chi connectivity index (χ1) is 9.63. The molecule has 2 aromatic rings. The highest BCUT2D eigenvalue weighted by Crippen LogP contribution is 2.19. The molecule has 0 aliphatic carbocycles. The molecular weight excluding hydrogens is 322 g/mol. The maximum absolute atomic E-state index is 11.5. The Morgan fingerprint density at radius 2 is 1.95 bits per heavy atom. The van der Waals surface area contributed by atoms with Crippen molar-refractivity contribution >= 4 is 33.9 Å². The van der Waals surface area contributed by atoms with Gasteiger partial charge in [-0.2, -0.15) is 0 Å². The Hall–Kier alpha value is -2.34. The number of nitrogens with one attached hydrogen (secondary N) is 2. The summed E-state index contributed by atoms with van der Waals surface area (Å²) < 4.78 is 2.89. The summed E-state index contributed by atoms with van der Waals surface area (Å²) in [5.74, 6) is -0.419. The van der Waals surface area contributed by atoms with Crippen LogP contribution in [-0.2, 0) is 4.79 Å². The third-order valence-corrected chi connectivity index (χ3v) is 3.37. The lowest BCUT2D eigenvalue weighted by molar-refractivity contribution is -0.115. The molecule has 1 aromatic heterocycles. The van der Waals surface area contributed by atoms with Crippen molar-refractivity contribution in [2.75, 3.05) is 0 Å². The van der Waals surface area contributed by atoms with Gasteiger partial charge in [0.25, 0.3) is 5.91 Å². The van der Waals surface area contributed by atoms with Crippen molar-refractivity contribution in [3.63, 3.8) is 0 Å². The normalized spacial score (nSPS) is 16.4. The summed E-state index contributed by atoms with van der Waals surface area (Å²) >= 11 is 3.43. The van der Waals surface area contributed by atoms with E-state index in [1.165, 1.54) is 0 Å². The van der Waals surface area contributed by atoms with Gasteiger partial charge < -0.3 is 9.88 Å². The first-order valence-electron chi connectivity index (χ1n) is 5.91. The van der Waals surface area contributed by atoms with Crippen molar-refractivity contribution in [1.82, 2.24) is 15.2 Å². The van der Waals surface area contributed by atoms with Gasteiger partial charge in [-0.1, -0.05) is 22.0 Å². The number of carbonyl (C=O) groups excluding carboxylic acids is 2. The first-order valence-corrected chi connectivity index (χ1v) is 6.70. The maximum Gasteiger partial charge on any atom is 0.326 e. The number of urea groups is 1. The lowest BCUT2D eigenvalue weighted by Gasteiger charge is -2.07. The quantitative estimate of drug-likeness (QED) is 0.655. The second-order valence-electron chi connectivity index (χ2n) is 4.25. The molecule has 1 aliphatic rings. The van der Waals surface area contributed by atoms with Crippen molar-refractivity contribution in [3.8, 4) is 5.69 Å². The monoisotopic (exact) mass is 331 g/mol. The van der Waals surface area contributed by atoms with Gasteiger partial charge in [-0.3, -0.25) is 10.1 Å². The van der Waals surface area contributed by atoms with Crippen LogP contribution in [0.2, 0.25) is 0 Å². The van der Waals surface area contributed by atoms with Gasteiger partial charge in [0.15, 0.2) is 0 Å². The smallest absolute Gasteiger partial charge is 0.317 e. The summed E-state index contributed by atoms with van der Waals surface area (Å²) in [5.41, 5.74) is 2.00. The highest BCUT2D eigenvalue weighted by Gasteiger charge is 2.23.